The molecule has 0 aliphatic carbocycles. The molecular formula is C16H23N3O7S. The quantitative estimate of drug-likeness (QED) is 0.502. The third kappa shape index (κ3) is 5.17. The van der Waals surface area contributed by atoms with Gasteiger partial charge in [-0.3, -0.25) is 20.0 Å². The fraction of sp³-hybridized carbons (Fsp3) is 0.438. The zero-order valence-corrected chi connectivity index (χ0v) is 16.6. The first kappa shape index (κ1) is 22.4. The highest BCUT2D eigenvalue weighted by molar-refractivity contribution is 7.89. The molecule has 1 rings (SSSR count). The monoisotopic (exact) mass is 401 g/mol. The van der Waals surface area contributed by atoms with Gasteiger partial charge in [0.25, 0.3) is 5.91 Å². The molecule has 0 atom stereocenters. The number of hydrogen-bond acceptors (Lipinski definition) is 6. The summed E-state index contributed by atoms with van der Waals surface area (Å²) in [7, 11) is -1.31. The normalized spacial score (nSPS) is 11.2. The third-order valence-electron chi connectivity index (χ3n) is 3.74. The Balaban J connectivity index is 3.07. The van der Waals surface area contributed by atoms with Gasteiger partial charge in [0.2, 0.25) is 10.0 Å². The average Bonchev–Trinajstić information content (AvgIpc) is 2.57. The second-order valence-electron chi connectivity index (χ2n) is 5.74. The van der Waals surface area contributed by atoms with Crippen molar-refractivity contribution in [3.05, 3.63) is 23.3 Å². The maximum atomic E-state index is 12.9. The van der Waals surface area contributed by atoms with Gasteiger partial charge in [-0.25, -0.2) is 13.2 Å². The zero-order valence-electron chi connectivity index (χ0n) is 15.8. The number of nitrogens with zero attached hydrogens (tertiary/aromatic N) is 2. The number of methoxy groups -OCH3 is 1. The Morgan fingerprint density at radius 3 is 2.11 bits per heavy atom. The van der Waals surface area contributed by atoms with Crippen molar-refractivity contribution in [1.29, 1.82) is 0 Å². The molecule has 150 valence electrons. The van der Waals surface area contributed by atoms with Crippen molar-refractivity contribution in [2.45, 2.75) is 25.7 Å². The van der Waals surface area contributed by atoms with Gasteiger partial charge in [-0.15, -0.1) is 0 Å². The lowest BCUT2D eigenvalue weighted by molar-refractivity contribution is -0.155. The largest absolute Gasteiger partial charge is 0.497 e. The van der Waals surface area contributed by atoms with Crippen molar-refractivity contribution in [3.63, 3.8) is 0 Å². The molecule has 0 unspecified atom stereocenters. The molecular weight excluding hydrogens is 378 g/mol. The molecule has 1 aromatic rings. The Hall–Kier alpha value is -2.66. The molecule has 11 heteroatoms. The first-order chi connectivity index (χ1) is 12.4. The summed E-state index contributed by atoms with van der Waals surface area (Å²) in [5, 5.41) is 9.35. The van der Waals surface area contributed by atoms with E-state index in [2.05, 4.69) is 0 Å². The summed E-state index contributed by atoms with van der Waals surface area (Å²) in [5.41, 5.74) is 2.82. The second-order valence-corrected chi connectivity index (χ2v) is 7.72. The van der Waals surface area contributed by atoms with Crippen LogP contribution in [0.15, 0.2) is 17.0 Å². The van der Waals surface area contributed by atoms with Gasteiger partial charge in [-0.2, -0.15) is 4.31 Å². The number of aryl methyl sites for hydroxylation is 2. The van der Waals surface area contributed by atoms with Crippen LogP contribution in [0.4, 0.5) is 0 Å². The number of likely N-dealkylation sites (N-methyl/N-ethyl adjacent to an activating group) is 2. The SMILES string of the molecule is CCN(NC(=O)C(=O)O)C(=O)CN(C)S(=O)(=O)c1c(C)cc(OC)cc1C. The fourth-order valence-corrected chi connectivity index (χ4v) is 3.96. The van der Waals surface area contributed by atoms with E-state index in [-0.39, 0.29) is 11.4 Å². The summed E-state index contributed by atoms with van der Waals surface area (Å²) in [4.78, 5) is 34.2. The minimum absolute atomic E-state index is 0.0354. The van der Waals surface area contributed by atoms with Crippen molar-refractivity contribution < 1.29 is 32.6 Å². The van der Waals surface area contributed by atoms with Crippen molar-refractivity contribution in [2.75, 3.05) is 27.2 Å². The smallest absolute Gasteiger partial charge is 0.396 e. The zero-order chi connectivity index (χ0) is 20.9. The van der Waals surface area contributed by atoms with Crippen LogP contribution in [0.25, 0.3) is 0 Å². The summed E-state index contributed by atoms with van der Waals surface area (Å²) < 4.78 is 31.7. The van der Waals surface area contributed by atoms with Gasteiger partial charge in [0.15, 0.2) is 0 Å². The topological polar surface area (TPSA) is 133 Å². The molecule has 2 N–H and O–H groups in total. The molecule has 0 aliphatic heterocycles. The molecule has 10 nitrogen and oxygen atoms in total. The molecule has 0 saturated heterocycles. The molecule has 0 aliphatic rings. The highest BCUT2D eigenvalue weighted by atomic mass is 32.2. The highest BCUT2D eigenvalue weighted by Crippen LogP contribution is 2.27. The predicted molar refractivity (Wildman–Crippen MR) is 95.4 cm³/mol. The summed E-state index contributed by atoms with van der Waals surface area (Å²) in [5.74, 6) is -3.41. The molecule has 1 aromatic carbocycles. The number of hydrazine groups is 1. The van der Waals surface area contributed by atoms with Crippen LogP contribution in [0.2, 0.25) is 0 Å². The second kappa shape index (κ2) is 8.82. The van der Waals surface area contributed by atoms with Gasteiger partial charge in [0, 0.05) is 13.6 Å². The number of nitrogens with one attached hydrogen (secondary N) is 1. The van der Waals surface area contributed by atoms with E-state index < -0.39 is 34.4 Å². The molecule has 0 fully saturated rings. The number of hydrogen-bond donors (Lipinski definition) is 2. The lowest BCUT2D eigenvalue weighted by Gasteiger charge is -2.25. The summed E-state index contributed by atoms with van der Waals surface area (Å²) in [6, 6.07) is 3.14. The number of carboxylic acid groups (broad SMARTS) is 1. The van der Waals surface area contributed by atoms with Crippen LogP contribution in [-0.4, -0.2) is 67.9 Å². The lowest BCUT2D eigenvalue weighted by Crippen LogP contribution is -2.51. The van der Waals surface area contributed by atoms with Gasteiger partial charge < -0.3 is 9.84 Å². The molecule has 2 amide bonds. The van der Waals surface area contributed by atoms with Crippen molar-refractivity contribution in [3.8, 4) is 5.75 Å². The van der Waals surface area contributed by atoms with E-state index in [4.69, 9.17) is 9.84 Å². The number of rotatable bonds is 6. The molecule has 27 heavy (non-hydrogen) atoms. The first-order valence-corrected chi connectivity index (χ1v) is 9.35. The molecule has 0 bridgehead atoms. The Labute approximate surface area is 157 Å². The fourth-order valence-electron chi connectivity index (χ4n) is 2.44. The van der Waals surface area contributed by atoms with E-state index >= 15 is 0 Å². The first-order valence-electron chi connectivity index (χ1n) is 7.91. The van der Waals surface area contributed by atoms with Crippen LogP contribution in [0.3, 0.4) is 0 Å². The van der Waals surface area contributed by atoms with Gasteiger partial charge in [-0.05, 0) is 44.0 Å². The van der Waals surface area contributed by atoms with Crippen LogP contribution in [-0.2, 0) is 24.4 Å². The Kier molecular flexibility index (Phi) is 7.31. The van der Waals surface area contributed by atoms with E-state index in [9.17, 15) is 22.8 Å². The van der Waals surface area contributed by atoms with Crippen LogP contribution in [0, 0.1) is 13.8 Å². The Morgan fingerprint density at radius 1 is 1.19 bits per heavy atom. The maximum Gasteiger partial charge on any atom is 0.396 e. The maximum absolute atomic E-state index is 12.9. The standard InChI is InChI=1S/C16H23N3O7S/c1-6-19(17-15(21)16(22)23)13(20)9-18(4)27(24,25)14-10(2)7-12(26-5)8-11(14)3/h7-8H,6,9H2,1-5H3,(H,17,21)(H,22,23). The number of benzene rings is 1. The van der Waals surface area contributed by atoms with Gasteiger partial charge in [0.05, 0.1) is 18.6 Å². The minimum Gasteiger partial charge on any atom is -0.497 e. The Morgan fingerprint density at radius 2 is 1.70 bits per heavy atom. The molecule has 0 saturated carbocycles. The number of ether oxygens (including phenoxy) is 1. The number of carbonyl (C=O) groups excluding carboxylic acids is 2. The van der Waals surface area contributed by atoms with Gasteiger partial charge in [0.1, 0.15) is 5.75 Å². The summed E-state index contributed by atoms with van der Waals surface area (Å²) in [6.07, 6.45) is 0. The van der Waals surface area contributed by atoms with Crippen LogP contribution in [0.5, 0.6) is 5.75 Å². The minimum atomic E-state index is -4.01. The van der Waals surface area contributed by atoms with Crippen molar-refractivity contribution in [1.82, 2.24) is 14.7 Å². The third-order valence-corrected chi connectivity index (χ3v) is 5.85. The van der Waals surface area contributed by atoms with Crippen LogP contribution >= 0.6 is 0 Å². The van der Waals surface area contributed by atoms with E-state index in [1.165, 1.54) is 21.1 Å². The average molecular weight is 401 g/mol. The molecule has 0 heterocycles. The summed E-state index contributed by atoms with van der Waals surface area (Å²) in [6.45, 7) is 4.12. The number of sulfonamides is 1. The van der Waals surface area contributed by atoms with Crippen molar-refractivity contribution in [2.24, 2.45) is 0 Å². The van der Waals surface area contributed by atoms with Gasteiger partial charge >= 0.3 is 11.9 Å². The van der Waals surface area contributed by atoms with E-state index in [0.29, 0.717) is 16.9 Å². The van der Waals surface area contributed by atoms with E-state index in [1.807, 2.05) is 5.43 Å². The van der Waals surface area contributed by atoms with Crippen LogP contribution in [0.1, 0.15) is 18.1 Å². The Bertz CT molecular complexity index is 829. The molecule has 0 radical (unpaired) electrons. The summed E-state index contributed by atoms with van der Waals surface area (Å²) >= 11 is 0. The molecule has 0 spiro atoms. The molecule has 0 aromatic heterocycles. The van der Waals surface area contributed by atoms with E-state index in [0.717, 1.165) is 9.31 Å². The predicted octanol–water partition coefficient (Wildman–Crippen LogP) is -0.103. The van der Waals surface area contributed by atoms with Crippen molar-refractivity contribution >= 4 is 27.8 Å². The van der Waals surface area contributed by atoms with Crippen LogP contribution < -0.4 is 10.2 Å². The number of carbonyl (C=O) groups is 3. The number of aliphatic carboxylic acids is 1. The van der Waals surface area contributed by atoms with Gasteiger partial charge in [-0.1, -0.05) is 0 Å². The number of amides is 2. The highest BCUT2D eigenvalue weighted by Gasteiger charge is 2.29. The van der Waals surface area contributed by atoms with E-state index in [1.54, 1.807) is 26.0 Å². The number of carboxylic acids is 1. The lowest BCUT2D eigenvalue weighted by atomic mass is 10.1.